The van der Waals surface area contributed by atoms with E-state index in [0.717, 1.165) is 13.1 Å². The highest BCUT2D eigenvalue weighted by Crippen LogP contribution is 2.16. The Kier molecular flexibility index (Phi) is 4.96. The first-order valence-corrected chi connectivity index (χ1v) is 7.01. The third-order valence-corrected chi connectivity index (χ3v) is 3.78. The molecular formula is C13H16INO3. The van der Waals surface area contributed by atoms with E-state index < -0.39 is 5.97 Å². The number of benzene rings is 1. The molecule has 5 heteroatoms. The van der Waals surface area contributed by atoms with Crippen LogP contribution in [0.2, 0.25) is 0 Å². The Labute approximate surface area is 120 Å². The van der Waals surface area contributed by atoms with Crippen LogP contribution < -0.4 is 0 Å². The molecule has 1 fully saturated rings. The summed E-state index contributed by atoms with van der Waals surface area (Å²) in [6.45, 7) is 2.78. The van der Waals surface area contributed by atoms with Crippen molar-refractivity contribution in [2.75, 3.05) is 19.8 Å². The Morgan fingerprint density at radius 3 is 2.83 bits per heavy atom. The number of rotatable bonds is 4. The van der Waals surface area contributed by atoms with E-state index in [-0.39, 0.29) is 12.5 Å². The van der Waals surface area contributed by atoms with E-state index in [1.807, 2.05) is 0 Å². The molecule has 0 aromatic heterocycles. The molecule has 1 heterocycles. The molecule has 1 saturated heterocycles. The lowest BCUT2D eigenvalue weighted by molar-refractivity contribution is -0.140. The number of halogens is 1. The summed E-state index contributed by atoms with van der Waals surface area (Å²) in [6.07, 6.45) is 0.143. The molecule has 0 bridgehead atoms. The van der Waals surface area contributed by atoms with Crippen molar-refractivity contribution < 1.29 is 14.6 Å². The lowest BCUT2D eigenvalue weighted by Crippen LogP contribution is -2.45. The number of carboxylic acid groups (broad SMARTS) is 1. The van der Waals surface area contributed by atoms with Crippen LogP contribution in [0.3, 0.4) is 0 Å². The zero-order valence-corrected chi connectivity index (χ0v) is 12.2. The summed E-state index contributed by atoms with van der Waals surface area (Å²) < 4.78 is 6.57. The van der Waals surface area contributed by atoms with E-state index >= 15 is 0 Å². The van der Waals surface area contributed by atoms with Crippen LogP contribution in [-0.4, -0.2) is 41.8 Å². The van der Waals surface area contributed by atoms with Gasteiger partial charge in [0, 0.05) is 22.7 Å². The van der Waals surface area contributed by atoms with Gasteiger partial charge in [0.05, 0.1) is 19.6 Å². The Morgan fingerprint density at radius 1 is 1.44 bits per heavy atom. The van der Waals surface area contributed by atoms with Gasteiger partial charge in [0.2, 0.25) is 0 Å². The van der Waals surface area contributed by atoms with Crippen LogP contribution in [0.5, 0.6) is 0 Å². The van der Waals surface area contributed by atoms with E-state index in [2.05, 4.69) is 51.8 Å². The third kappa shape index (κ3) is 3.93. The van der Waals surface area contributed by atoms with Crippen molar-refractivity contribution in [2.45, 2.75) is 19.0 Å². The number of hydrogen-bond acceptors (Lipinski definition) is 3. The van der Waals surface area contributed by atoms with Crippen molar-refractivity contribution in [3.8, 4) is 0 Å². The highest BCUT2D eigenvalue weighted by molar-refractivity contribution is 14.1. The highest BCUT2D eigenvalue weighted by atomic mass is 127. The van der Waals surface area contributed by atoms with Crippen LogP contribution in [-0.2, 0) is 16.1 Å². The number of ether oxygens (including phenoxy) is 1. The first-order chi connectivity index (χ1) is 8.65. The van der Waals surface area contributed by atoms with Crippen LogP contribution in [0.15, 0.2) is 24.3 Å². The molecule has 18 heavy (non-hydrogen) atoms. The third-order valence-electron chi connectivity index (χ3n) is 3.06. The summed E-state index contributed by atoms with van der Waals surface area (Å²) >= 11 is 2.28. The Morgan fingerprint density at radius 2 is 2.17 bits per heavy atom. The molecule has 4 nitrogen and oxygen atoms in total. The second kappa shape index (κ2) is 6.49. The van der Waals surface area contributed by atoms with Gasteiger partial charge < -0.3 is 9.84 Å². The van der Waals surface area contributed by atoms with Crippen LogP contribution >= 0.6 is 22.6 Å². The minimum atomic E-state index is -0.766. The zero-order valence-electron chi connectivity index (χ0n) is 10.0. The largest absolute Gasteiger partial charge is 0.481 e. The number of aliphatic carboxylic acids is 1. The predicted molar refractivity (Wildman–Crippen MR) is 76.4 cm³/mol. The SMILES string of the molecule is O=C(O)CC1COCCN1Cc1ccc(I)cc1. The summed E-state index contributed by atoms with van der Waals surface area (Å²) in [4.78, 5) is 13.0. The number of hydrogen-bond donors (Lipinski definition) is 1. The summed E-state index contributed by atoms with van der Waals surface area (Å²) in [5.41, 5.74) is 1.22. The highest BCUT2D eigenvalue weighted by Gasteiger charge is 2.25. The molecule has 0 amide bonds. The van der Waals surface area contributed by atoms with Crippen molar-refractivity contribution in [1.82, 2.24) is 4.90 Å². The average Bonchev–Trinajstić information content (AvgIpc) is 2.34. The van der Waals surface area contributed by atoms with Gasteiger partial charge in [-0.2, -0.15) is 0 Å². The first-order valence-electron chi connectivity index (χ1n) is 5.93. The second-order valence-corrected chi connectivity index (χ2v) is 5.67. The lowest BCUT2D eigenvalue weighted by atomic mass is 10.1. The molecule has 2 rings (SSSR count). The molecule has 0 radical (unpaired) electrons. The van der Waals surface area contributed by atoms with Gasteiger partial charge in [0.15, 0.2) is 0 Å². The van der Waals surface area contributed by atoms with Crippen LogP contribution in [0.1, 0.15) is 12.0 Å². The Hall–Kier alpha value is -0.660. The fraction of sp³-hybridized carbons (Fsp3) is 0.462. The van der Waals surface area contributed by atoms with E-state index in [1.54, 1.807) is 0 Å². The van der Waals surface area contributed by atoms with E-state index in [9.17, 15) is 4.79 Å². The average molecular weight is 361 g/mol. The molecular weight excluding hydrogens is 345 g/mol. The van der Waals surface area contributed by atoms with Gasteiger partial charge >= 0.3 is 5.97 Å². The molecule has 1 aliphatic heterocycles. The summed E-state index contributed by atoms with van der Waals surface area (Å²) in [5.74, 6) is -0.766. The minimum Gasteiger partial charge on any atom is -0.481 e. The van der Waals surface area contributed by atoms with Gasteiger partial charge in [0.1, 0.15) is 0 Å². The van der Waals surface area contributed by atoms with Gasteiger partial charge in [-0.15, -0.1) is 0 Å². The number of carbonyl (C=O) groups is 1. The van der Waals surface area contributed by atoms with Gasteiger partial charge in [-0.05, 0) is 40.3 Å². The minimum absolute atomic E-state index is 0.0180. The molecule has 0 saturated carbocycles. The Bertz CT molecular complexity index is 407. The maximum atomic E-state index is 10.8. The van der Waals surface area contributed by atoms with Gasteiger partial charge in [-0.3, -0.25) is 9.69 Å². The smallest absolute Gasteiger partial charge is 0.305 e. The van der Waals surface area contributed by atoms with Crippen molar-refractivity contribution in [3.63, 3.8) is 0 Å². The molecule has 1 N–H and O–H groups in total. The number of nitrogens with zero attached hydrogens (tertiary/aromatic N) is 1. The van der Waals surface area contributed by atoms with Crippen molar-refractivity contribution >= 4 is 28.6 Å². The van der Waals surface area contributed by atoms with E-state index in [0.29, 0.717) is 13.2 Å². The van der Waals surface area contributed by atoms with Gasteiger partial charge in [0.25, 0.3) is 0 Å². The maximum Gasteiger partial charge on any atom is 0.305 e. The molecule has 1 atom stereocenters. The van der Waals surface area contributed by atoms with E-state index in [1.165, 1.54) is 9.13 Å². The Balaban J connectivity index is 2.00. The summed E-state index contributed by atoms with van der Waals surface area (Å²) in [7, 11) is 0. The summed E-state index contributed by atoms with van der Waals surface area (Å²) in [5, 5.41) is 8.90. The monoisotopic (exact) mass is 361 g/mol. The molecule has 1 aromatic rings. The van der Waals surface area contributed by atoms with Gasteiger partial charge in [-0.25, -0.2) is 0 Å². The molecule has 0 aliphatic carbocycles. The standard InChI is InChI=1S/C13H16INO3/c14-11-3-1-10(2-4-11)8-15-5-6-18-9-12(15)7-13(16)17/h1-4,12H,5-9H2,(H,16,17). The first kappa shape index (κ1) is 13.8. The van der Waals surface area contributed by atoms with Crippen molar-refractivity contribution in [2.24, 2.45) is 0 Å². The van der Waals surface area contributed by atoms with Crippen LogP contribution in [0.4, 0.5) is 0 Å². The number of morpholine rings is 1. The van der Waals surface area contributed by atoms with Crippen LogP contribution in [0, 0.1) is 3.57 Å². The normalized spacial score (nSPS) is 20.8. The lowest BCUT2D eigenvalue weighted by Gasteiger charge is -2.34. The molecule has 0 spiro atoms. The fourth-order valence-corrected chi connectivity index (χ4v) is 2.47. The van der Waals surface area contributed by atoms with E-state index in [4.69, 9.17) is 9.84 Å². The van der Waals surface area contributed by atoms with Gasteiger partial charge in [-0.1, -0.05) is 12.1 Å². The molecule has 1 aliphatic rings. The van der Waals surface area contributed by atoms with Crippen molar-refractivity contribution in [3.05, 3.63) is 33.4 Å². The predicted octanol–water partition coefficient (Wildman–Crippen LogP) is 1.97. The van der Waals surface area contributed by atoms with Crippen LogP contribution in [0.25, 0.3) is 0 Å². The number of carboxylic acids is 1. The zero-order chi connectivity index (χ0) is 13.0. The topological polar surface area (TPSA) is 49.8 Å². The van der Waals surface area contributed by atoms with Crippen molar-refractivity contribution in [1.29, 1.82) is 0 Å². The summed E-state index contributed by atoms with van der Waals surface area (Å²) in [6, 6.07) is 8.31. The molecule has 1 unspecified atom stereocenters. The molecule has 1 aromatic carbocycles. The fourth-order valence-electron chi connectivity index (χ4n) is 2.11. The molecule has 98 valence electrons. The second-order valence-electron chi connectivity index (χ2n) is 4.42. The maximum absolute atomic E-state index is 10.8. The quantitative estimate of drug-likeness (QED) is 0.834.